The minimum absolute atomic E-state index is 0.0684. The first-order valence-electron chi connectivity index (χ1n) is 7.80. The van der Waals surface area contributed by atoms with Crippen molar-refractivity contribution in [3.05, 3.63) is 35.0 Å². The number of halogens is 1. The number of pyridine rings is 1. The first-order chi connectivity index (χ1) is 11.1. The number of aromatic nitrogens is 1. The van der Waals surface area contributed by atoms with Crippen molar-refractivity contribution in [1.29, 1.82) is 0 Å². The average molecular weight is 353 g/mol. The third-order valence-electron chi connectivity index (χ3n) is 3.78. The van der Waals surface area contributed by atoms with Gasteiger partial charge in [0.15, 0.2) is 6.54 Å². The lowest BCUT2D eigenvalue weighted by Gasteiger charge is -2.18. The summed E-state index contributed by atoms with van der Waals surface area (Å²) < 4.78 is 0. The van der Waals surface area contributed by atoms with Gasteiger partial charge in [-0.1, -0.05) is 17.7 Å². The maximum absolute atomic E-state index is 11.8. The quantitative estimate of drug-likeness (QED) is 0.593. The molecule has 0 saturated carbocycles. The van der Waals surface area contributed by atoms with E-state index in [1.165, 1.54) is 9.80 Å². The number of nitrogens with one attached hydrogen (secondary N) is 2. The van der Waals surface area contributed by atoms with E-state index < -0.39 is 0 Å². The Labute approximate surface area is 146 Å². The number of thioether (sulfide) groups is 1. The SMILES string of the molecule is CCNC(=O)C[NH+](CC)Cc1cc2ccc(SC)cc2nc1Cl. The number of benzene rings is 1. The molecule has 0 fully saturated rings. The van der Waals surface area contributed by atoms with Gasteiger partial charge >= 0.3 is 0 Å². The largest absolute Gasteiger partial charge is 0.351 e. The van der Waals surface area contributed by atoms with E-state index in [1.54, 1.807) is 11.8 Å². The van der Waals surface area contributed by atoms with E-state index in [9.17, 15) is 4.79 Å². The molecular weight excluding hydrogens is 330 g/mol. The molecule has 0 aliphatic heterocycles. The summed E-state index contributed by atoms with van der Waals surface area (Å²) in [4.78, 5) is 18.7. The van der Waals surface area contributed by atoms with Gasteiger partial charge in [0.05, 0.1) is 12.1 Å². The monoisotopic (exact) mass is 352 g/mol. The lowest BCUT2D eigenvalue weighted by molar-refractivity contribution is -0.904. The van der Waals surface area contributed by atoms with E-state index >= 15 is 0 Å². The molecule has 0 aliphatic rings. The number of likely N-dealkylation sites (N-methyl/N-ethyl adjacent to an activating group) is 2. The van der Waals surface area contributed by atoms with E-state index in [0.29, 0.717) is 24.8 Å². The summed E-state index contributed by atoms with van der Waals surface area (Å²) in [5.74, 6) is 0.0684. The molecular formula is C17H23ClN3OS+. The second kappa shape index (κ2) is 8.52. The van der Waals surface area contributed by atoms with Gasteiger partial charge in [0, 0.05) is 22.4 Å². The Hall–Kier alpha value is -1.30. The fourth-order valence-corrected chi connectivity index (χ4v) is 3.13. The van der Waals surface area contributed by atoms with Crippen molar-refractivity contribution in [3.63, 3.8) is 0 Å². The van der Waals surface area contributed by atoms with Crippen LogP contribution in [0.2, 0.25) is 5.15 Å². The fourth-order valence-electron chi connectivity index (χ4n) is 2.49. The minimum atomic E-state index is 0.0684. The van der Waals surface area contributed by atoms with Crippen LogP contribution in [0.1, 0.15) is 19.4 Å². The summed E-state index contributed by atoms with van der Waals surface area (Å²) in [5, 5.41) is 4.45. The Morgan fingerprint density at radius 1 is 1.35 bits per heavy atom. The van der Waals surface area contributed by atoms with E-state index in [-0.39, 0.29) is 5.91 Å². The van der Waals surface area contributed by atoms with Crippen molar-refractivity contribution in [2.24, 2.45) is 0 Å². The molecule has 1 heterocycles. The number of hydrogen-bond acceptors (Lipinski definition) is 3. The topological polar surface area (TPSA) is 46.4 Å². The molecule has 1 atom stereocenters. The number of rotatable bonds is 7. The Morgan fingerprint density at radius 3 is 2.78 bits per heavy atom. The third-order valence-corrected chi connectivity index (χ3v) is 4.83. The Balaban J connectivity index is 2.21. The maximum Gasteiger partial charge on any atom is 0.275 e. The van der Waals surface area contributed by atoms with Crippen molar-refractivity contribution >= 4 is 40.2 Å². The van der Waals surface area contributed by atoms with Gasteiger partial charge in [-0.3, -0.25) is 4.79 Å². The van der Waals surface area contributed by atoms with Crippen LogP contribution in [0.4, 0.5) is 0 Å². The molecule has 1 aromatic heterocycles. The van der Waals surface area contributed by atoms with E-state index in [4.69, 9.17) is 11.6 Å². The lowest BCUT2D eigenvalue weighted by Crippen LogP contribution is -3.11. The van der Waals surface area contributed by atoms with Crippen LogP contribution < -0.4 is 10.2 Å². The average Bonchev–Trinajstić information content (AvgIpc) is 2.54. The number of carbonyl (C=O) groups excluding carboxylic acids is 1. The molecule has 0 saturated heterocycles. The summed E-state index contributed by atoms with van der Waals surface area (Å²) in [5.41, 5.74) is 1.89. The van der Waals surface area contributed by atoms with Crippen molar-refractivity contribution in [2.45, 2.75) is 25.3 Å². The highest BCUT2D eigenvalue weighted by Gasteiger charge is 2.15. The zero-order chi connectivity index (χ0) is 16.8. The van der Waals surface area contributed by atoms with Crippen LogP contribution in [0.25, 0.3) is 10.9 Å². The molecule has 1 aromatic carbocycles. The minimum Gasteiger partial charge on any atom is -0.351 e. The summed E-state index contributed by atoms with van der Waals surface area (Å²) >= 11 is 8.05. The van der Waals surface area contributed by atoms with E-state index in [2.05, 4.69) is 41.5 Å². The normalized spacial score (nSPS) is 12.3. The summed E-state index contributed by atoms with van der Waals surface area (Å²) in [7, 11) is 0. The number of nitrogens with zero attached hydrogens (tertiary/aromatic N) is 1. The second-order valence-corrected chi connectivity index (χ2v) is 6.65. The molecule has 6 heteroatoms. The van der Waals surface area contributed by atoms with Crippen LogP contribution in [-0.4, -0.2) is 36.8 Å². The van der Waals surface area contributed by atoms with Crippen LogP contribution in [-0.2, 0) is 11.3 Å². The third kappa shape index (κ3) is 4.83. The first kappa shape index (κ1) is 18.0. The van der Waals surface area contributed by atoms with Gasteiger partial charge in [0.1, 0.15) is 11.7 Å². The number of hydrogen-bond donors (Lipinski definition) is 2. The predicted molar refractivity (Wildman–Crippen MR) is 97.3 cm³/mol. The van der Waals surface area contributed by atoms with Gasteiger partial charge in [0.2, 0.25) is 0 Å². The standard InChI is InChI=1S/C17H22ClN3OS/c1-4-19-16(22)11-21(5-2)10-13-8-12-6-7-14(23-3)9-15(12)20-17(13)18/h6-9H,4-5,10-11H2,1-3H3,(H,19,22)/p+1. The maximum atomic E-state index is 11.8. The number of quaternary nitrogens is 1. The summed E-state index contributed by atoms with van der Waals surface area (Å²) in [6, 6.07) is 8.30. The van der Waals surface area contributed by atoms with Crippen LogP contribution >= 0.6 is 23.4 Å². The molecule has 2 rings (SSSR count). The molecule has 0 bridgehead atoms. The van der Waals surface area contributed by atoms with Gasteiger partial charge in [0.25, 0.3) is 5.91 Å². The van der Waals surface area contributed by atoms with Gasteiger partial charge < -0.3 is 10.2 Å². The lowest BCUT2D eigenvalue weighted by atomic mass is 10.1. The van der Waals surface area contributed by atoms with Crippen LogP contribution in [0.3, 0.4) is 0 Å². The second-order valence-electron chi connectivity index (χ2n) is 5.41. The van der Waals surface area contributed by atoms with E-state index in [1.807, 2.05) is 13.2 Å². The highest BCUT2D eigenvalue weighted by atomic mass is 35.5. The highest BCUT2D eigenvalue weighted by molar-refractivity contribution is 7.98. The van der Waals surface area contributed by atoms with E-state index in [0.717, 1.165) is 23.0 Å². The molecule has 23 heavy (non-hydrogen) atoms. The summed E-state index contributed by atoms with van der Waals surface area (Å²) in [6.07, 6.45) is 2.04. The van der Waals surface area contributed by atoms with Gasteiger partial charge in [-0.15, -0.1) is 11.8 Å². The molecule has 2 N–H and O–H groups in total. The van der Waals surface area contributed by atoms with Crippen molar-refractivity contribution in [3.8, 4) is 0 Å². The zero-order valence-corrected chi connectivity index (χ0v) is 15.4. The molecule has 1 unspecified atom stereocenters. The Morgan fingerprint density at radius 2 is 2.13 bits per heavy atom. The molecule has 0 aliphatic carbocycles. The highest BCUT2D eigenvalue weighted by Crippen LogP contribution is 2.24. The molecule has 1 amide bonds. The predicted octanol–water partition coefficient (Wildman–Crippen LogP) is 2.15. The molecule has 2 aromatic rings. The number of fused-ring (bicyclic) bond motifs is 1. The smallest absolute Gasteiger partial charge is 0.275 e. The number of carbonyl (C=O) groups is 1. The molecule has 124 valence electrons. The van der Waals surface area contributed by atoms with Crippen LogP contribution in [0.15, 0.2) is 29.2 Å². The molecule has 0 radical (unpaired) electrons. The summed E-state index contributed by atoms with van der Waals surface area (Å²) in [6.45, 7) is 6.66. The van der Waals surface area contributed by atoms with Gasteiger partial charge in [-0.25, -0.2) is 4.98 Å². The molecule has 4 nitrogen and oxygen atoms in total. The van der Waals surface area contributed by atoms with Gasteiger partial charge in [-0.2, -0.15) is 0 Å². The molecule has 0 spiro atoms. The van der Waals surface area contributed by atoms with Gasteiger partial charge in [-0.05, 0) is 38.3 Å². The van der Waals surface area contributed by atoms with Crippen molar-refractivity contribution in [1.82, 2.24) is 10.3 Å². The Kier molecular flexibility index (Phi) is 6.69. The van der Waals surface area contributed by atoms with Crippen LogP contribution in [0, 0.1) is 0 Å². The first-order valence-corrected chi connectivity index (χ1v) is 9.41. The van der Waals surface area contributed by atoms with Crippen LogP contribution in [0.5, 0.6) is 0 Å². The zero-order valence-electron chi connectivity index (χ0n) is 13.8. The van der Waals surface area contributed by atoms with Crippen molar-refractivity contribution in [2.75, 3.05) is 25.9 Å². The van der Waals surface area contributed by atoms with Crippen molar-refractivity contribution < 1.29 is 9.69 Å². The number of amides is 1. The fraction of sp³-hybridized carbons (Fsp3) is 0.412. The Bertz CT molecular complexity index is 693.